The summed E-state index contributed by atoms with van der Waals surface area (Å²) in [5.41, 5.74) is 2.22. The van der Waals surface area contributed by atoms with Gasteiger partial charge in [0.25, 0.3) is 0 Å². The average Bonchev–Trinajstić information content (AvgIpc) is 2.84. The first-order valence-electron chi connectivity index (χ1n) is 12.0. The van der Waals surface area contributed by atoms with Crippen LogP contribution in [0, 0.1) is 0 Å². The number of carbonyl (C=O) groups is 1. The summed E-state index contributed by atoms with van der Waals surface area (Å²) in [6, 6.07) is 15.3. The average molecular weight is 457 g/mol. The van der Waals surface area contributed by atoms with Crippen molar-refractivity contribution in [3.05, 3.63) is 59.7 Å². The highest BCUT2D eigenvalue weighted by atomic mass is 16.5. The van der Waals surface area contributed by atoms with Gasteiger partial charge in [0.2, 0.25) is 0 Å². The summed E-state index contributed by atoms with van der Waals surface area (Å²) < 4.78 is 11.4. The molecule has 0 spiro atoms. The Morgan fingerprint density at radius 3 is 1.42 bits per heavy atom. The van der Waals surface area contributed by atoms with Gasteiger partial charge in [0.1, 0.15) is 5.41 Å². The van der Waals surface area contributed by atoms with Gasteiger partial charge in [-0.2, -0.15) is 0 Å². The molecule has 2 aromatic carbocycles. The number of hydrogen-bond donors (Lipinski definition) is 3. The number of benzene rings is 2. The summed E-state index contributed by atoms with van der Waals surface area (Å²) >= 11 is 0. The number of aliphatic carboxylic acids is 1. The van der Waals surface area contributed by atoms with E-state index in [1.54, 1.807) is 6.92 Å². The molecule has 0 heterocycles. The second-order valence-corrected chi connectivity index (χ2v) is 8.32. The van der Waals surface area contributed by atoms with E-state index in [0.717, 1.165) is 48.4 Å². The van der Waals surface area contributed by atoms with Crippen molar-refractivity contribution in [1.29, 1.82) is 0 Å². The van der Waals surface area contributed by atoms with E-state index in [4.69, 9.17) is 9.47 Å². The lowest BCUT2D eigenvalue weighted by Gasteiger charge is -2.27. The zero-order valence-corrected chi connectivity index (χ0v) is 20.7. The predicted molar refractivity (Wildman–Crippen MR) is 135 cm³/mol. The normalized spacial score (nSPS) is 14.8. The van der Waals surface area contributed by atoms with Crippen LogP contribution in [-0.2, 0) is 19.7 Å². The number of nitrogens with one attached hydrogen (secondary N) is 2. The summed E-state index contributed by atoms with van der Waals surface area (Å²) in [6.07, 6.45) is 2.19. The molecule has 6 nitrogen and oxygen atoms in total. The Bertz CT molecular complexity index is 775. The van der Waals surface area contributed by atoms with Gasteiger partial charge < -0.3 is 25.2 Å². The summed E-state index contributed by atoms with van der Waals surface area (Å²) in [5, 5.41) is 16.9. The van der Waals surface area contributed by atoms with Crippen LogP contribution in [0.3, 0.4) is 0 Å². The molecule has 0 saturated carbocycles. The van der Waals surface area contributed by atoms with Gasteiger partial charge >= 0.3 is 5.97 Å². The van der Waals surface area contributed by atoms with Gasteiger partial charge in [0, 0.05) is 37.7 Å². The van der Waals surface area contributed by atoms with Gasteiger partial charge in [-0.1, -0.05) is 38.1 Å². The Hall–Kier alpha value is -2.57. The Kier molecular flexibility index (Phi) is 10.7. The van der Waals surface area contributed by atoms with Crippen LogP contribution in [0.1, 0.15) is 58.6 Å². The van der Waals surface area contributed by atoms with Gasteiger partial charge in [-0.3, -0.25) is 4.79 Å². The summed E-state index contributed by atoms with van der Waals surface area (Å²) in [7, 11) is 0. The molecule has 0 radical (unpaired) electrons. The first-order chi connectivity index (χ1) is 15.9. The third-order valence-electron chi connectivity index (χ3n) is 6.14. The van der Waals surface area contributed by atoms with Crippen LogP contribution in [0.15, 0.2) is 48.5 Å². The van der Waals surface area contributed by atoms with Gasteiger partial charge in [0.05, 0.1) is 12.2 Å². The van der Waals surface area contributed by atoms with E-state index in [-0.39, 0.29) is 12.2 Å². The molecule has 182 valence electrons. The molecule has 0 aliphatic heterocycles. The molecule has 2 rings (SSSR count). The number of carboxylic acids is 1. The molecule has 33 heavy (non-hydrogen) atoms. The van der Waals surface area contributed by atoms with E-state index in [1.165, 1.54) is 0 Å². The lowest BCUT2D eigenvalue weighted by Crippen LogP contribution is -2.33. The van der Waals surface area contributed by atoms with Gasteiger partial charge in [0.15, 0.2) is 0 Å². The highest BCUT2D eigenvalue weighted by Gasteiger charge is 2.37. The summed E-state index contributed by atoms with van der Waals surface area (Å²) in [4.78, 5) is 12.4. The highest BCUT2D eigenvalue weighted by Crippen LogP contribution is 2.34. The smallest absolute Gasteiger partial charge is 0.318 e. The molecule has 6 heteroatoms. The number of hydrogen-bond acceptors (Lipinski definition) is 5. The lowest BCUT2D eigenvalue weighted by molar-refractivity contribution is -0.141. The molecule has 0 aliphatic carbocycles. The van der Waals surface area contributed by atoms with E-state index in [9.17, 15) is 9.90 Å². The van der Waals surface area contributed by atoms with E-state index in [2.05, 4.69) is 24.5 Å². The minimum Gasteiger partial charge on any atom is -0.480 e. The van der Waals surface area contributed by atoms with Crippen LogP contribution in [0.2, 0.25) is 0 Å². The molecule has 0 saturated heterocycles. The molecular formula is C27H40N2O4. The Morgan fingerprint density at radius 2 is 1.15 bits per heavy atom. The van der Waals surface area contributed by atoms with Crippen LogP contribution >= 0.6 is 0 Å². The van der Waals surface area contributed by atoms with Crippen molar-refractivity contribution in [1.82, 2.24) is 0 Å². The van der Waals surface area contributed by atoms with Crippen molar-refractivity contribution >= 4 is 17.3 Å². The fourth-order valence-corrected chi connectivity index (χ4v) is 3.83. The van der Waals surface area contributed by atoms with Gasteiger partial charge in [-0.15, -0.1) is 0 Å². The molecule has 2 atom stereocenters. The molecule has 0 fully saturated rings. The summed E-state index contributed by atoms with van der Waals surface area (Å²) in [6.45, 7) is 12.8. The molecular weight excluding hydrogens is 416 g/mol. The van der Waals surface area contributed by atoms with Gasteiger partial charge in [-0.25, -0.2) is 0 Å². The lowest BCUT2D eigenvalue weighted by atomic mass is 9.76. The second kappa shape index (κ2) is 13.2. The van der Waals surface area contributed by atoms with Crippen LogP contribution in [-0.4, -0.2) is 49.6 Å². The molecule has 0 amide bonds. The monoisotopic (exact) mass is 456 g/mol. The SMILES string of the molecule is CCOC(CC)CNc1ccc(C(C)(C(=O)O)c2ccc(NCC(CC)OCC)cc2)cc1. The largest absolute Gasteiger partial charge is 0.480 e. The maximum Gasteiger partial charge on any atom is 0.318 e. The van der Waals surface area contributed by atoms with Crippen molar-refractivity contribution in [2.45, 2.75) is 65.1 Å². The molecule has 0 bridgehead atoms. The number of carboxylic acid groups (broad SMARTS) is 1. The first kappa shape index (κ1) is 26.7. The third-order valence-corrected chi connectivity index (χ3v) is 6.14. The molecule has 3 N–H and O–H groups in total. The predicted octanol–water partition coefficient (Wildman–Crippen LogP) is 5.53. The van der Waals surface area contributed by atoms with Crippen LogP contribution in [0.25, 0.3) is 0 Å². The Balaban J connectivity index is 2.13. The zero-order valence-electron chi connectivity index (χ0n) is 20.7. The fourth-order valence-electron chi connectivity index (χ4n) is 3.83. The van der Waals surface area contributed by atoms with Crippen molar-refractivity contribution < 1.29 is 19.4 Å². The van der Waals surface area contributed by atoms with E-state index in [1.807, 2.05) is 62.4 Å². The van der Waals surface area contributed by atoms with E-state index in [0.29, 0.717) is 13.2 Å². The minimum absolute atomic E-state index is 0.159. The number of ether oxygens (including phenoxy) is 2. The highest BCUT2D eigenvalue weighted by molar-refractivity contribution is 5.85. The van der Waals surface area contributed by atoms with Crippen LogP contribution < -0.4 is 10.6 Å². The quantitative estimate of drug-likeness (QED) is 0.327. The van der Waals surface area contributed by atoms with Gasteiger partial charge in [-0.05, 0) is 69.0 Å². The van der Waals surface area contributed by atoms with Crippen LogP contribution in [0.5, 0.6) is 0 Å². The Labute approximate surface area is 198 Å². The summed E-state index contributed by atoms with van der Waals surface area (Å²) in [5.74, 6) is -0.881. The van der Waals surface area contributed by atoms with Crippen molar-refractivity contribution in [2.75, 3.05) is 36.9 Å². The molecule has 0 aromatic heterocycles. The maximum absolute atomic E-state index is 12.4. The third kappa shape index (κ3) is 7.21. The van der Waals surface area contributed by atoms with E-state index < -0.39 is 11.4 Å². The zero-order chi connectivity index (χ0) is 24.3. The first-order valence-corrected chi connectivity index (χ1v) is 12.0. The Morgan fingerprint density at radius 1 is 0.788 bits per heavy atom. The van der Waals surface area contributed by atoms with Crippen molar-refractivity contribution in [3.63, 3.8) is 0 Å². The maximum atomic E-state index is 12.4. The van der Waals surface area contributed by atoms with E-state index >= 15 is 0 Å². The van der Waals surface area contributed by atoms with Crippen LogP contribution in [0.4, 0.5) is 11.4 Å². The minimum atomic E-state index is -1.15. The molecule has 2 aromatic rings. The molecule has 2 unspecified atom stereocenters. The topological polar surface area (TPSA) is 79.8 Å². The van der Waals surface area contributed by atoms with Crippen molar-refractivity contribution in [3.8, 4) is 0 Å². The molecule has 0 aliphatic rings. The van der Waals surface area contributed by atoms with Crippen molar-refractivity contribution in [2.24, 2.45) is 0 Å². The second-order valence-electron chi connectivity index (χ2n) is 8.32. The number of rotatable bonds is 15. The standard InChI is InChI=1S/C27H40N2O4/c1-6-24(32-8-3)18-28-22-14-10-20(11-15-22)27(5,26(30)31)21-12-16-23(17-13-21)29-19-25(7-2)33-9-4/h10-17,24-25,28-29H,6-9,18-19H2,1-5H3,(H,30,31). The fraction of sp³-hybridized carbons (Fsp3) is 0.519. The number of anilines is 2.